The van der Waals surface area contributed by atoms with Gasteiger partial charge in [0.15, 0.2) is 0 Å². The molecule has 0 radical (unpaired) electrons. The molecule has 1 N–H and O–H groups in total. The number of halogens is 1. The van der Waals surface area contributed by atoms with Crippen LogP contribution in [0.2, 0.25) is 0 Å². The summed E-state index contributed by atoms with van der Waals surface area (Å²) in [5, 5.41) is 0. The van der Waals surface area contributed by atoms with Gasteiger partial charge in [-0.2, -0.15) is 0 Å². The van der Waals surface area contributed by atoms with E-state index in [0.29, 0.717) is 0 Å². The SMILES string of the molecule is CC(C)(C)c1cc(CN2CCc3cc(S(=O)(=O)Nc4ccc(CCCC5CCCC5)cc4F)ccc3C2)ccn1. The molecule has 0 bridgehead atoms. The van der Waals surface area contributed by atoms with Crippen molar-refractivity contribution in [1.29, 1.82) is 0 Å². The number of nitrogens with zero attached hydrogens (tertiary/aromatic N) is 2. The molecule has 1 saturated carbocycles. The van der Waals surface area contributed by atoms with Crippen molar-refractivity contribution in [3.63, 3.8) is 0 Å². The molecule has 1 aliphatic heterocycles. The first kappa shape index (κ1) is 28.7. The highest BCUT2D eigenvalue weighted by Gasteiger charge is 2.23. The van der Waals surface area contributed by atoms with Crippen molar-refractivity contribution < 1.29 is 12.8 Å². The van der Waals surface area contributed by atoms with Gasteiger partial charge in [-0.05, 0) is 83.8 Å². The van der Waals surface area contributed by atoms with Gasteiger partial charge in [-0.3, -0.25) is 14.6 Å². The first-order valence-corrected chi connectivity index (χ1v) is 16.2. The lowest BCUT2D eigenvalue weighted by Gasteiger charge is -2.29. The van der Waals surface area contributed by atoms with Crippen LogP contribution in [0.15, 0.2) is 59.6 Å². The van der Waals surface area contributed by atoms with Crippen molar-refractivity contribution in [2.75, 3.05) is 11.3 Å². The van der Waals surface area contributed by atoms with Crippen LogP contribution in [0.5, 0.6) is 0 Å². The number of nitrogens with one attached hydrogen (secondary N) is 1. The van der Waals surface area contributed by atoms with E-state index in [4.69, 9.17) is 0 Å². The average molecular weight is 564 g/mol. The number of benzene rings is 2. The van der Waals surface area contributed by atoms with Gasteiger partial charge >= 0.3 is 0 Å². The highest BCUT2D eigenvalue weighted by molar-refractivity contribution is 7.92. The third kappa shape index (κ3) is 7.10. The van der Waals surface area contributed by atoms with Gasteiger partial charge in [-0.15, -0.1) is 0 Å². The van der Waals surface area contributed by atoms with Crippen LogP contribution in [0.1, 0.15) is 87.2 Å². The van der Waals surface area contributed by atoms with Crippen LogP contribution in [0.3, 0.4) is 0 Å². The van der Waals surface area contributed by atoms with E-state index in [1.54, 1.807) is 18.2 Å². The zero-order valence-electron chi connectivity index (χ0n) is 24.0. The second kappa shape index (κ2) is 12.0. The van der Waals surface area contributed by atoms with Gasteiger partial charge in [0.1, 0.15) is 5.82 Å². The Morgan fingerprint density at radius 1 is 1.00 bits per heavy atom. The Hall–Kier alpha value is -2.77. The van der Waals surface area contributed by atoms with Gasteiger partial charge in [0.2, 0.25) is 0 Å². The molecule has 1 aliphatic carbocycles. The van der Waals surface area contributed by atoms with E-state index in [9.17, 15) is 12.8 Å². The summed E-state index contributed by atoms with van der Waals surface area (Å²) in [7, 11) is -3.90. The molecule has 2 heterocycles. The van der Waals surface area contributed by atoms with Crippen LogP contribution in [0, 0.1) is 11.7 Å². The predicted octanol–water partition coefficient (Wildman–Crippen LogP) is 7.39. The zero-order chi connectivity index (χ0) is 28.3. The fourth-order valence-corrected chi connectivity index (χ4v) is 7.14. The van der Waals surface area contributed by atoms with Crippen LogP contribution in [-0.4, -0.2) is 24.8 Å². The van der Waals surface area contributed by atoms with Crippen LogP contribution in [0.25, 0.3) is 0 Å². The van der Waals surface area contributed by atoms with Crippen molar-refractivity contribution in [1.82, 2.24) is 9.88 Å². The minimum atomic E-state index is -3.90. The van der Waals surface area contributed by atoms with Gasteiger partial charge in [0.05, 0.1) is 10.6 Å². The fraction of sp³-hybridized carbons (Fsp3) is 0.485. The summed E-state index contributed by atoms with van der Waals surface area (Å²) in [4.78, 5) is 7.08. The number of hydrogen-bond donors (Lipinski definition) is 1. The van der Waals surface area contributed by atoms with E-state index in [1.165, 1.54) is 43.7 Å². The van der Waals surface area contributed by atoms with Gasteiger partial charge in [-0.25, -0.2) is 12.8 Å². The quantitative estimate of drug-likeness (QED) is 0.295. The van der Waals surface area contributed by atoms with Gasteiger partial charge < -0.3 is 0 Å². The summed E-state index contributed by atoms with van der Waals surface area (Å²) in [6.07, 6.45) is 11.0. The highest BCUT2D eigenvalue weighted by atomic mass is 32.2. The molecule has 3 aromatic rings. The lowest BCUT2D eigenvalue weighted by atomic mass is 9.90. The Morgan fingerprint density at radius 3 is 2.55 bits per heavy atom. The van der Waals surface area contributed by atoms with Crippen LogP contribution < -0.4 is 4.72 Å². The van der Waals surface area contributed by atoms with Crippen molar-refractivity contribution in [2.24, 2.45) is 5.92 Å². The van der Waals surface area contributed by atoms with Crippen molar-refractivity contribution in [2.45, 2.75) is 95.5 Å². The Bertz CT molecular complexity index is 1440. The van der Waals surface area contributed by atoms with Crippen LogP contribution in [0.4, 0.5) is 10.1 Å². The van der Waals surface area contributed by atoms with Crippen LogP contribution >= 0.6 is 0 Å². The summed E-state index contributed by atoms with van der Waals surface area (Å²) >= 11 is 0. The number of fused-ring (bicyclic) bond motifs is 1. The fourth-order valence-electron chi connectivity index (χ4n) is 6.03. The van der Waals surface area contributed by atoms with E-state index < -0.39 is 15.8 Å². The third-order valence-corrected chi connectivity index (χ3v) is 9.77. The molecule has 1 aromatic heterocycles. The van der Waals surface area contributed by atoms with Crippen molar-refractivity contribution in [3.8, 4) is 0 Å². The van der Waals surface area contributed by atoms with Gasteiger partial charge in [-0.1, -0.05) is 65.0 Å². The number of pyridine rings is 1. The first-order valence-electron chi connectivity index (χ1n) is 14.7. The molecular formula is C33H42FN3O2S. The van der Waals surface area contributed by atoms with Crippen LogP contribution in [-0.2, 0) is 41.4 Å². The van der Waals surface area contributed by atoms with Crippen molar-refractivity contribution >= 4 is 15.7 Å². The lowest BCUT2D eigenvalue weighted by molar-refractivity contribution is 0.245. The molecule has 0 saturated heterocycles. The topological polar surface area (TPSA) is 62.3 Å². The predicted molar refractivity (Wildman–Crippen MR) is 159 cm³/mol. The summed E-state index contributed by atoms with van der Waals surface area (Å²) in [6, 6.07) is 14.4. The largest absolute Gasteiger partial charge is 0.294 e. The second-order valence-electron chi connectivity index (χ2n) is 12.7. The van der Waals surface area contributed by atoms with E-state index in [1.807, 2.05) is 18.3 Å². The molecule has 7 heteroatoms. The lowest BCUT2D eigenvalue weighted by Crippen LogP contribution is -2.30. The van der Waals surface area contributed by atoms with Gasteiger partial charge in [0.25, 0.3) is 10.0 Å². The maximum Gasteiger partial charge on any atom is 0.261 e. The monoisotopic (exact) mass is 563 g/mol. The number of aromatic nitrogens is 1. The third-order valence-electron chi connectivity index (χ3n) is 8.41. The van der Waals surface area contributed by atoms with E-state index in [2.05, 4.69) is 47.5 Å². The minimum Gasteiger partial charge on any atom is -0.294 e. The molecule has 2 aromatic carbocycles. The summed E-state index contributed by atoms with van der Waals surface area (Å²) < 4.78 is 43.7. The maximum absolute atomic E-state index is 14.9. The number of anilines is 1. The average Bonchev–Trinajstić information content (AvgIpc) is 3.43. The second-order valence-corrected chi connectivity index (χ2v) is 14.3. The number of sulfonamides is 1. The first-order chi connectivity index (χ1) is 19.1. The highest BCUT2D eigenvalue weighted by Crippen LogP contribution is 2.30. The molecule has 214 valence electrons. The normalized spacial score (nSPS) is 16.7. The molecule has 0 spiro atoms. The Morgan fingerprint density at radius 2 is 1.80 bits per heavy atom. The molecule has 0 amide bonds. The summed E-state index contributed by atoms with van der Waals surface area (Å²) in [5.74, 6) is 0.292. The van der Waals surface area contributed by atoms with E-state index in [0.717, 1.165) is 67.2 Å². The van der Waals surface area contributed by atoms with Gasteiger partial charge in [0, 0.05) is 36.9 Å². The Labute approximate surface area is 239 Å². The summed E-state index contributed by atoms with van der Waals surface area (Å²) in [6.45, 7) is 8.92. The molecule has 5 nitrogen and oxygen atoms in total. The summed E-state index contributed by atoms with van der Waals surface area (Å²) in [5.41, 5.74) is 5.38. The molecule has 0 atom stereocenters. The number of aryl methyl sites for hydroxylation is 1. The van der Waals surface area contributed by atoms with Crippen molar-refractivity contribution in [3.05, 3.63) is 88.5 Å². The zero-order valence-corrected chi connectivity index (χ0v) is 24.9. The number of hydrogen-bond acceptors (Lipinski definition) is 4. The number of rotatable bonds is 9. The molecule has 40 heavy (non-hydrogen) atoms. The molecule has 2 aliphatic rings. The molecule has 5 rings (SSSR count). The van der Waals surface area contributed by atoms with E-state index in [-0.39, 0.29) is 16.0 Å². The minimum absolute atomic E-state index is 0.0000267. The molecule has 0 unspecified atom stereocenters. The Kier molecular flexibility index (Phi) is 8.62. The Balaban J connectivity index is 1.20. The molecular weight excluding hydrogens is 521 g/mol. The molecule has 1 fully saturated rings. The van der Waals surface area contributed by atoms with E-state index >= 15 is 0 Å². The standard InChI is InChI=1S/C33H42FN3O2S/c1-33(2,3)32-20-26(15-17-35-32)22-37-18-16-27-21-29(13-12-28(27)23-37)40(38,39)36-31-14-11-25(19-30(31)34)10-6-9-24-7-4-5-8-24/h11-15,17,19-21,24,36H,4-10,16,18,22-23H2,1-3H3. The maximum atomic E-state index is 14.9. The smallest absolute Gasteiger partial charge is 0.261 e.